The molecular formula is C66H90BF2N12O14. The van der Waals surface area contributed by atoms with Gasteiger partial charge in [0, 0.05) is 115 Å². The number of ether oxygens (including phenoxy) is 1. The Morgan fingerprint density at radius 1 is 0.726 bits per heavy atom. The number of halogens is 2. The summed E-state index contributed by atoms with van der Waals surface area (Å²) in [5.41, 5.74) is 3.04. The molecule has 515 valence electrons. The number of alkyl halides is 2. The lowest BCUT2D eigenvalue weighted by Gasteiger charge is -2.33. The van der Waals surface area contributed by atoms with Gasteiger partial charge in [0.15, 0.2) is 0 Å². The molecule has 4 aliphatic rings. The number of aromatic nitrogens is 1. The topological polar surface area (TPSA) is 336 Å². The van der Waals surface area contributed by atoms with Gasteiger partial charge >= 0.3 is 17.9 Å². The molecule has 4 aliphatic heterocycles. The van der Waals surface area contributed by atoms with Gasteiger partial charge in [-0.05, 0) is 87.6 Å². The van der Waals surface area contributed by atoms with E-state index in [4.69, 9.17) is 4.74 Å². The number of aryl methyl sites for hydroxylation is 2. The fourth-order valence-corrected chi connectivity index (χ4v) is 12.5. The number of carbonyl (C=O) groups excluding carboxylic acids is 7. The van der Waals surface area contributed by atoms with E-state index in [0.29, 0.717) is 80.9 Å². The number of fused-ring (bicyclic) bond motifs is 1. The minimum absolute atomic E-state index is 0.0293. The number of nitriles is 1. The van der Waals surface area contributed by atoms with Gasteiger partial charge in [-0.25, -0.2) is 8.78 Å². The Bertz CT molecular complexity index is 3160. The summed E-state index contributed by atoms with van der Waals surface area (Å²) in [6, 6.07) is 15.2. The average molecular weight is 1320 g/mol. The highest BCUT2D eigenvalue weighted by Gasteiger charge is 2.47. The Morgan fingerprint density at radius 3 is 1.98 bits per heavy atom. The second-order valence-electron chi connectivity index (χ2n) is 25.3. The number of likely N-dealkylation sites (tertiary alicyclic amines) is 3. The van der Waals surface area contributed by atoms with Crippen LogP contribution in [0.4, 0.5) is 8.78 Å². The standard InChI is InChI=1S/C66H90BF2N12O14/c1-46-12-14-47(15-13-46)9-7-11-56(82)72-21-5-2-3-10-49(38-73-57(83)40-75-25-27-76(42-61(87)88)29-31-78(44-63(91)92)32-30-77(28-26-75)43-62(89)90)67-54-35-58(84)80(65(54)94)41-60(86)79-23-19-48(20-24-79)8-4-6-33-95-51-16-17-55-53(34-51)52(18-22-71-55)64(93)74-39-59(85)81-45-66(68,69)36-50(81)37-70/h12-18,22,34,48-50,54H,2-11,19-21,23-33,35-36,38-45H2,1H3,(H,72,82)(H,73,83)(H,74,93)(H,87,88)(H,89,90)(H,91,92)/t49?,50-,54?/m1/s1. The highest BCUT2D eigenvalue weighted by atomic mass is 19.3. The summed E-state index contributed by atoms with van der Waals surface area (Å²) < 4.78 is 33.9. The fraction of sp³-hybridized carbons (Fsp3) is 0.606. The number of hydrogen-bond acceptors (Lipinski definition) is 17. The van der Waals surface area contributed by atoms with E-state index in [2.05, 4.69) is 45.2 Å². The lowest BCUT2D eigenvalue weighted by molar-refractivity contribution is -0.146. The molecule has 2 unspecified atom stereocenters. The minimum atomic E-state index is -3.19. The van der Waals surface area contributed by atoms with Crippen LogP contribution in [-0.4, -0.2) is 264 Å². The molecule has 7 amide bonds. The molecule has 6 N–H and O–H groups in total. The summed E-state index contributed by atoms with van der Waals surface area (Å²) in [6.45, 7) is 2.81. The molecule has 0 bridgehead atoms. The normalized spacial score (nSPS) is 19.1. The van der Waals surface area contributed by atoms with Crippen molar-refractivity contribution in [2.75, 3.05) is 131 Å². The largest absolute Gasteiger partial charge is 0.494 e. The Labute approximate surface area is 553 Å². The van der Waals surface area contributed by atoms with Crippen LogP contribution in [0.25, 0.3) is 10.9 Å². The van der Waals surface area contributed by atoms with Crippen molar-refractivity contribution in [2.24, 2.45) is 5.92 Å². The fourth-order valence-electron chi connectivity index (χ4n) is 12.5. The number of nitrogens with zero attached hydrogens (tertiary/aromatic N) is 9. The van der Waals surface area contributed by atoms with Crippen molar-refractivity contribution in [1.29, 1.82) is 5.26 Å². The summed E-state index contributed by atoms with van der Waals surface area (Å²) in [7, 11) is 1.79. The first-order valence-electron chi connectivity index (χ1n) is 33.0. The van der Waals surface area contributed by atoms with Crippen LogP contribution in [-0.2, 0) is 49.6 Å². The number of benzene rings is 2. The van der Waals surface area contributed by atoms with E-state index < -0.39 is 85.4 Å². The van der Waals surface area contributed by atoms with Gasteiger partial charge in [-0.1, -0.05) is 61.3 Å². The zero-order valence-corrected chi connectivity index (χ0v) is 54.2. The highest BCUT2D eigenvalue weighted by molar-refractivity contribution is 6.48. The minimum Gasteiger partial charge on any atom is -0.494 e. The molecule has 26 nitrogen and oxygen atoms in total. The first-order chi connectivity index (χ1) is 45.5. The number of nitrogens with one attached hydrogen (secondary N) is 3. The molecule has 2 aromatic carbocycles. The molecule has 4 fully saturated rings. The second-order valence-corrected chi connectivity index (χ2v) is 25.3. The molecular weight excluding hydrogens is 1230 g/mol. The second kappa shape index (κ2) is 37.2. The number of pyridine rings is 1. The van der Waals surface area contributed by atoms with E-state index in [9.17, 15) is 77.3 Å². The van der Waals surface area contributed by atoms with Gasteiger partial charge in [0.1, 0.15) is 25.6 Å². The van der Waals surface area contributed by atoms with E-state index >= 15 is 0 Å². The smallest absolute Gasteiger partial charge is 0.317 e. The van der Waals surface area contributed by atoms with Gasteiger partial charge in [-0.15, -0.1) is 0 Å². The summed E-state index contributed by atoms with van der Waals surface area (Å²) >= 11 is 0. The number of hydrogen-bond donors (Lipinski definition) is 6. The van der Waals surface area contributed by atoms with Crippen LogP contribution >= 0.6 is 0 Å². The molecule has 1 aromatic heterocycles. The van der Waals surface area contributed by atoms with E-state index in [1.54, 1.807) is 51.1 Å². The van der Waals surface area contributed by atoms with Crippen molar-refractivity contribution in [2.45, 2.75) is 120 Å². The Kier molecular flexibility index (Phi) is 29.1. The third kappa shape index (κ3) is 24.8. The molecule has 0 saturated carbocycles. The van der Waals surface area contributed by atoms with Gasteiger partial charge in [-0.2, -0.15) is 5.26 Å². The first kappa shape index (κ1) is 74.2. The number of unbranched alkanes of at least 4 members (excludes halogenated alkanes) is 3. The van der Waals surface area contributed by atoms with Crippen LogP contribution in [0.5, 0.6) is 5.75 Å². The van der Waals surface area contributed by atoms with E-state index in [1.807, 2.05) is 11.8 Å². The Balaban J connectivity index is 0.868. The van der Waals surface area contributed by atoms with Crippen LogP contribution in [0.15, 0.2) is 54.7 Å². The monoisotopic (exact) mass is 1320 g/mol. The Morgan fingerprint density at radius 2 is 1.36 bits per heavy atom. The van der Waals surface area contributed by atoms with E-state index in [-0.39, 0.29) is 121 Å². The van der Waals surface area contributed by atoms with Crippen molar-refractivity contribution in [3.63, 3.8) is 0 Å². The SMILES string of the molecule is Cc1ccc(CCCC(=O)NCCCCCC([B]C2CC(=O)N(CC(=O)N3CCC(CCCCOc4ccc5nccc(C(=O)NCC(=O)N6CC(F)(F)C[C@@H]6C#N)c5c4)CC3)C2=O)CNC(=O)CN2CCN(CC(=O)O)CCN(CC(=O)O)CCN(CC(=O)O)CC2)cc1. The molecule has 0 aliphatic carbocycles. The van der Waals surface area contributed by atoms with E-state index in [0.717, 1.165) is 54.7 Å². The van der Waals surface area contributed by atoms with Crippen molar-refractivity contribution in [3.05, 3.63) is 71.4 Å². The van der Waals surface area contributed by atoms with Gasteiger partial charge in [0.25, 0.3) is 11.8 Å². The van der Waals surface area contributed by atoms with Crippen molar-refractivity contribution >= 4 is 77.4 Å². The maximum atomic E-state index is 14.1. The predicted octanol–water partition coefficient (Wildman–Crippen LogP) is 3.15. The summed E-state index contributed by atoms with van der Waals surface area (Å²) in [5, 5.41) is 47.1. The number of imide groups is 1. The summed E-state index contributed by atoms with van der Waals surface area (Å²) in [6.07, 6.45) is 8.96. The van der Waals surface area contributed by atoms with Crippen LogP contribution in [0.1, 0.15) is 105 Å². The molecule has 95 heavy (non-hydrogen) atoms. The third-order valence-corrected chi connectivity index (χ3v) is 17.9. The van der Waals surface area contributed by atoms with Gasteiger partial charge < -0.3 is 45.8 Å². The molecule has 7 rings (SSSR count). The summed E-state index contributed by atoms with van der Waals surface area (Å²) in [4.78, 5) is 144. The Hall–Kier alpha value is -8.20. The number of carboxylic acids is 3. The highest BCUT2D eigenvalue weighted by Crippen LogP contribution is 2.33. The molecule has 29 heteroatoms. The van der Waals surface area contributed by atoms with Crippen LogP contribution in [0, 0.1) is 24.2 Å². The predicted molar refractivity (Wildman–Crippen MR) is 345 cm³/mol. The summed E-state index contributed by atoms with van der Waals surface area (Å²) in [5.74, 6) is -9.92. The zero-order chi connectivity index (χ0) is 68.4. The number of rotatable bonds is 33. The number of aliphatic carboxylic acids is 3. The van der Waals surface area contributed by atoms with Crippen molar-refractivity contribution in [1.82, 2.24) is 55.2 Å². The number of carbonyl (C=O) groups is 10. The number of carboxylic acid groups (broad SMARTS) is 3. The molecule has 0 spiro atoms. The maximum absolute atomic E-state index is 14.1. The average Bonchev–Trinajstić information content (AvgIpc) is 1.82. The van der Waals surface area contributed by atoms with Crippen LogP contribution in [0.3, 0.4) is 0 Å². The third-order valence-electron chi connectivity index (χ3n) is 17.9. The van der Waals surface area contributed by atoms with Gasteiger partial charge in [0.05, 0.1) is 63.0 Å². The molecule has 4 saturated heterocycles. The van der Waals surface area contributed by atoms with Gasteiger partial charge in [-0.3, -0.25) is 77.4 Å². The molecule has 1 radical (unpaired) electrons. The zero-order valence-electron chi connectivity index (χ0n) is 54.2. The first-order valence-corrected chi connectivity index (χ1v) is 33.0. The lowest BCUT2D eigenvalue weighted by atomic mass is 9.53. The number of piperidine rings is 1. The molecule has 3 atom stereocenters. The number of amides is 7. The van der Waals surface area contributed by atoms with Crippen molar-refractivity contribution in [3.8, 4) is 11.8 Å². The van der Waals surface area contributed by atoms with Crippen molar-refractivity contribution < 1.29 is 76.8 Å². The molecule has 5 heterocycles. The quantitative estimate of drug-likeness (QED) is 0.0290. The molecule has 3 aromatic rings. The van der Waals surface area contributed by atoms with Gasteiger partial charge in [0.2, 0.25) is 35.4 Å². The van der Waals surface area contributed by atoms with Crippen LogP contribution in [0.2, 0.25) is 11.6 Å². The lowest BCUT2D eigenvalue weighted by Crippen LogP contribution is -2.50. The maximum Gasteiger partial charge on any atom is 0.317 e. The van der Waals surface area contributed by atoms with E-state index in [1.165, 1.54) is 23.4 Å². The van der Waals surface area contributed by atoms with Crippen LogP contribution < -0.4 is 20.7 Å².